The summed E-state index contributed by atoms with van der Waals surface area (Å²) in [5.74, 6) is 0. The van der Waals surface area contributed by atoms with Gasteiger partial charge in [-0.1, -0.05) is 34.8 Å². The second-order valence-electron chi connectivity index (χ2n) is 2.69. The minimum absolute atomic E-state index is 0.100. The maximum atomic E-state index is 10.7. The molecule has 4 nitrogen and oxygen atoms in total. The Balaban J connectivity index is 2.99. The quantitative estimate of drug-likeness (QED) is 0.835. The van der Waals surface area contributed by atoms with Gasteiger partial charge >= 0.3 is 0 Å². The lowest BCUT2D eigenvalue weighted by atomic mass is 10.2. The Morgan fingerprint density at radius 2 is 1.73 bits per heavy atom. The average molecular weight is 290 g/mol. The molecule has 0 heterocycles. The van der Waals surface area contributed by atoms with Gasteiger partial charge in [-0.3, -0.25) is 0 Å². The van der Waals surface area contributed by atoms with Gasteiger partial charge in [0.2, 0.25) is 0 Å². The van der Waals surface area contributed by atoms with Crippen LogP contribution in [0, 0.1) is 0 Å². The standard InChI is InChI=1S/C7H7Cl3N2O2S/c8-5-1-2-6(9)7(10)4(5)3-12-15(11,13)14/h1-2,12H,3H2,(H2,11,13,14). The summed E-state index contributed by atoms with van der Waals surface area (Å²) in [6.07, 6.45) is 0. The van der Waals surface area contributed by atoms with Crippen molar-refractivity contribution in [3.8, 4) is 0 Å². The number of hydrogen-bond acceptors (Lipinski definition) is 2. The highest BCUT2D eigenvalue weighted by atomic mass is 35.5. The van der Waals surface area contributed by atoms with Crippen LogP contribution in [-0.2, 0) is 16.8 Å². The van der Waals surface area contributed by atoms with E-state index in [0.717, 1.165) is 0 Å². The van der Waals surface area contributed by atoms with Gasteiger partial charge in [0.25, 0.3) is 10.2 Å². The van der Waals surface area contributed by atoms with E-state index in [4.69, 9.17) is 39.9 Å². The minimum atomic E-state index is -3.78. The topological polar surface area (TPSA) is 72.2 Å². The van der Waals surface area contributed by atoms with Gasteiger partial charge in [-0.25, -0.2) is 5.14 Å². The van der Waals surface area contributed by atoms with Crippen LogP contribution in [0.25, 0.3) is 0 Å². The van der Waals surface area contributed by atoms with Crippen LogP contribution in [0.15, 0.2) is 12.1 Å². The minimum Gasteiger partial charge on any atom is -0.216 e. The van der Waals surface area contributed by atoms with E-state index in [1.807, 2.05) is 0 Å². The van der Waals surface area contributed by atoms with Crippen LogP contribution in [-0.4, -0.2) is 8.42 Å². The van der Waals surface area contributed by atoms with Crippen molar-refractivity contribution in [3.05, 3.63) is 32.8 Å². The van der Waals surface area contributed by atoms with Crippen LogP contribution < -0.4 is 9.86 Å². The maximum absolute atomic E-state index is 10.7. The fourth-order valence-electron chi connectivity index (χ4n) is 0.904. The average Bonchev–Trinajstić information content (AvgIpc) is 2.10. The van der Waals surface area contributed by atoms with Gasteiger partial charge in [0.15, 0.2) is 0 Å². The molecule has 0 aliphatic heterocycles. The zero-order valence-corrected chi connectivity index (χ0v) is 10.4. The molecule has 0 amide bonds. The number of nitrogens with one attached hydrogen (secondary N) is 1. The molecule has 0 saturated carbocycles. The lowest BCUT2D eigenvalue weighted by Crippen LogP contribution is -2.30. The summed E-state index contributed by atoms with van der Waals surface area (Å²) in [5.41, 5.74) is 0.389. The Morgan fingerprint density at radius 3 is 2.27 bits per heavy atom. The van der Waals surface area contributed by atoms with E-state index in [0.29, 0.717) is 15.6 Å². The molecule has 15 heavy (non-hydrogen) atoms. The molecule has 8 heteroatoms. The fourth-order valence-corrected chi connectivity index (χ4v) is 1.93. The smallest absolute Gasteiger partial charge is 0.216 e. The third-order valence-electron chi connectivity index (χ3n) is 1.59. The molecule has 0 radical (unpaired) electrons. The van der Waals surface area contributed by atoms with Gasteiger partial charge in [0.1, 0.15) is 0 Å². The predicted octanol–water partition coefficient (Wildman–Crippen LogP) is 1.94. The van der Waals surface area contributed by atoms with E-state index in [9.17, 15) is 8.42 Å². The molecule has 0 aliphatic carbocycles. The highest BCUT2D eigenvalue weighted by molar-refractivity contribution is 7.87. The van der Waals surface area contributed by atoms with Crippen LogP contribution in [0.5, 0.6) is 0 Å². The number of nitrogens with two attached hydrogens (primary N) is 1. The summed E-state index contributed by atoms with van der Waals surface area (Å²) < 4.78 is 23.4. The normalized spacial score (nSPS) is 11.7. The first-order valence-electron chi connectivity index (χ1n) is 3.71. The summed E-state index contributed by atoms with van der Waals surface area (Å²) in [6, 6.07) is 3.04. The zero-order valence-electron chi connectivity index (χ0n) is 7.30. The second-order valence-corrected chi connectivity index (χ2v) is 5.26. The van der Waals surface area contributed by atoms with E-state index in [1.54, 1.807) is 0 Å². The molecular weight excluding hydrogens is 283 g/mol. The van der Waals surface area contributed by atoms with Gasteiger partial charge in [-0.05, 0) is 12.1 Å². The second kappa shape index (κ2) is 4.86. The molecule has 0 saturated heterocycles. The third-order valence-corrected chi connectivity index (χ3v) is 3.33. The van der Waals surface area contributed by atoms with Crippen molar-refractivity contribution in [2.24, 2.45) is 5.14 Å². The number of halogens is 3. The van der Waals surface area contributed by atoms with Crippen molar-refractivity contribution in [2.45, 2.75) is 6.54 Å². The molecule has 1 aromatic carbocycles. The lowest BCUT2D eigenvalue weighted by Gasteiger charge is -2.08. The molecule has 1 rings (SSSR count). The van der Waals surface area contributed by atoms with Gasteiger partial charge in [0.05, 0.1) is 10.0 Å². The Hall–Kier alpha value is -0.0400. The van der Waals surface area contributed by atoms with Gasteiger partial charge in [0, 0.05) is 17.1 Å². The maximum Gasteiger partial charge on any atom is 0.274 e. The Bertz CT molecular complexity index is 475. The summed E-state index contributed by atoms with van der Waals surface area (Å²) in [5, 5.41) is 5.59. The summed E-state index contributed by atoms with van der Waals surface area (Å²) in [7, 11) is -3.78. The van der Waals surface area contributed by atoms with E-state index >= 15 is 0 Å². The van der Waals surface area contributed by atoms with Crippen LogP contribution in [0.4, 0.5) is 0 Å². The van der Waals surface area contributed by atoms with Crippen molar-refractivity contribution < 1.29 is 8.42 Å². The Kier molecular flexibility index (Phi) is 4.22. The van der Waals surface area contributed by atoms with Gasteiger partial charge in [-0.2, -0.15) is 13.1 Å². The van der Waals surface area contributed by atoms with Crippen LogP contribution in [0.2, 0.25) is 15.1 Å². The van der Waals surface area contributed by atoms with Crippen molar-refractivity contribution in [1.29, 1.82) is 0 Å². The fraction of sp³-hybridized carbons (Fsp3) is 0.143. The van der Waals surface area contributed by atoms with Crippen LogP contribution >= 0.6 is 34.8 Å². The first-order chi connectivity index (χ1) is 6.81. The zero-order chi connectivity index (χ0) is 11.6. The molecule has 0 bridgehead atoms. The van der Waals surface area contributed by atoms with Crippen molar-refractivity contribution in [2.75, 3.05) is 0 Å². The largest absolute Gasteiger partial charge is 0.274 e. The first kappa shape index (κ1) is 13.0. The molecular formula is C7H7Cl3N2O2S. The van der Waals surface area contributed by atoms with Gasteiger partial charge in [-0.15, -0.1) is 0 Å². The molecule has 0 fully saturated rings. The molecule has 84 valence electrons. The summed E-state index contributed by atoms with van der Waals surface area (Å²) in [4.78, 5) is 0. The Morgan fingerprint density at radius 1 is 1.20 bits per heavy atom. The summed E-state index contributed by atoms with van der Waals surface area (Å²) >= 11 is 17.4. The van der Waals surface area contributed by atoms with Gasteiger partial charge < -0.3 is 0 Å². The third kappa shape index (κ3) is 3.79. The molecule has 3 N–H and O–H groups in total. The molecule has 1 aromatic rings. The number of hydrogen-bond donors (Lipinski definition) is 2. The van der Waals surface area contributed by atoms with Crippen molar-refractivity contribution >= 4 is 45.0 Å². The predicted molar refractivity (Wildman–Crippen MR) is 61.4 cm³/mol. The van der Waals surface area contributed by atoms with E-state index in [1.165, 1.54) is 12.1 Å². The number of benzene rings is 1. The highest BCUT2D eigenvalue weighted by Crippen LogP contribution is 2.31. The summed E-state index contributed by atoms with van der Waals surface area (Å²) in [6.45, 7) is -0.100. The lowest BCUT2D eigenvalue weighted by molar-refractivity contribution is 0.583. The first-order valence-corrected chi connectivity index (χ1v) is 6.39. The molecule has 0 aliphatic rings. The molecule has 0 atom stereocenters. The molecule has 0 spiro atoms. The van der Waals surface area contributed by atoms with Crippen LogP contribution in [0.1, 0.15) is 5.56 Å². The monoisotopic (exact) mass is 288 g/mol. The van der Waals surface area contributed by atoms with E-state index < -0.39 is 10.2 Å². The number of rotatable bonds is 3. The molecule has 0 unspecified atom stereocenters. The van der Waals surface area contributed by atoms with Crippen molar-refractivity contribution in [3.63, 3.8) is 0 Å². The SMILES string of the molecule is NS(=O)(=O)NCc1c(Cl)ccc(Cl)c1Cl. The van der Waals surface area contributed by atoms with Crippen LogP contribution in [0.3, 0.4) is 0 Å². The highest BCUT2D eigenvalue weighted by Gasteiger charge is 2.11. The van der Waals surface area contributed by atoms with Crippen molar-refractivity contribution in [1.82, 2.24) is 4.72 Å². The van der Waals surface area contributed by atoms with E-state index in [2.05, 4.69) is 4.72 Å². The van der Waals surface area contributed by atoms with E-state index in [-0.39, 0.29) is 11.6 Å². The Labute approximate surface area is 102 Å². The molecule has 0 aromatic heterocycles.